The number of aromatic amines is 1. The number of aromatic nitrogens is 3. The fourth-order valence-electron chi connectivity index (χ4n) is 2.51. The summed E-state index contributed by atoms with van der Waals surface area (Å²) in [5.41, 5.74) is 6.08. The van der Waals surface area contributed by atoms with Crippen molar-refractivity contribution in [2.75, 3.05) is 5.75 Å². The van der Waals surface area contributed by atoms with Crippen LogP contribution in [-0.2, 0) is 0 Å². The van der Waals surface area contributed by atoms with E-state index in [1.807, 2.05) is 0 Å². The number of nitrogens with two attached hydrogens (primary N) is 1. The summed E-state index contributed by atoms with van der Waals surface area (Å²) in [6.45, 7) is 0. The van der Waals surface area contributed by atoms with Crippen LogP contribution in [0.15, 0.2) is 11.5 Å². The van der Waals surface area contributed by atoms with Gasteiger partial charge in [-0.05, 0) is 12.3 Å². The van der Waals surface area contributed by atoms with Gasteiger partial charge in [0.1, 0.15) is 6.33 Å². The van der Waals surface area contributed by atoms with Gasteiger partial charge in [-0.1, -0.05) is 43.9 Å². The monoisotopic (exact) mass is 270 g/mol. The van der Waals surface area contributed by atoms with Crippen LogP contribution < -0.4 is 5.73 Å². The highest BCUT2D eigenvalue weighted by molar-refractivity contribution is 7.99. The van der Waals surface area contributed by atoms with Crippen LogP contribution in [-0.4, -0.2) is 38.2 Å². The van der Waals surface area contributed by atoms with E-state index in [1.54, 1.807) is 0 Å². The van der Waals surface area contributed by atoms with E-state index in [1.165, 1.54) is 50.2 Å². The Morgan fingerprint density at radius 3 is 2.89 bits per heavy atom. The molecule has 0 spiro atoms. The summed E-state index contributed by atoms with van der Waals surface area (Å²) in [4.78, 5) is 4.01. The van der Waals surface area contributed by atoms with Gasteiger partial charge in [-0.2, -0.15) is 0 Å². The zero-order chi connectivity index (χ0) is 12.8. The molecule has 1 aliphatic rings. The molecule has 1 heterocycles. The fraction of sp³-hybridized carbons (Fsp3) is 0.833. The molecule has 2 rings (SSSR count). The van der Waals surface area contributed by atoms with Crippen LogP contribution in [0.3, 0.4) is 0 Å². The SMILES string of the molecule is N[C@@H](CC1CCCCC1)[C@H](O)CSc1nc[nH]n1. The Labute approximate surface area is 112 Å². The van der Waals surface area contributed by atoms with Gasteiger partial charge in [0.15, 0.2) is 0 Å². The largest absolute Gasteiger partial charge is 0.391 e. The molecular weight excluding hydrogens is 248 g/mol. The molecule has 1 aliphatic carbocycles. The van der Waals surface area contributed by atoms with E-state index in [0.29, 0.717) is 16.8 Å². The van der Waals surface area contributed by atoms with Crippen molar-refractivity contribution in [3.05, 3.63) is 6.33 Å². The molecule has 0 aromatic carbocycles. The van der Waals surface area contributed by atoms with Crippen molar-refractivity contribution in [3.8, 4) is 0 Å². The molecule has 0 aliphatic heterocycles. The predicted octanol–water partition coefficient (Wildman–Crippen LogP) is 1.56. The summed E-state index contributed by atoms with van der Waals surface area (Å²) in [6.07, 6.45) is 8.54. The standard InChI is InChI=1S/C12H22N4OS/c13-10(6-9-4-2-1-3-5-9)11(17)7-18-12-14-8-15-16-12/h8-11,17H,1-7,13H2,(H,14,15,16)/t10-,11+/m0/s1. The Morgan fingerprint density at radius 1 is 1.44 bits per heavy atom. The first-order valence-corrected chi connectivity index (χ1v) is 7.66. The molecule has 0 radical (unpaired) electrons. The van der Waals surface area contributed by atoms with Crippen LogP contribution in [0.5, 0.6) is 0 Å². The van der Waals surface area contributed by atoms with Crippen molar-refractivity contribution in [2.45, 2.75) is 55.8 Å². The lowest BCUT2D eigenvalue weighted by molar-refractivity contribution is 0.147. The van der Waals surface area contributed by atoms with Gasteiger partial charge in [-0.15, -0.1) is 5.10 Å². The van der Waals surface area contributed by atoms with Gasteiger partial charge in [0.05, 0.1) is 6.10 Å². The van der Waals surface area contributed by atoms with Gasteiger partial charge in [0, 0.05) is 11.8 Å². The van der Waals surface area contributed by atoms with Gasteiger partial charge < -0.3 is 10.8 Å². The lowest BCUT2D eigenvalue weighted by atomic mass is 9.84. The average Bonchev–Trinajstić information content (AvgIpc) is 2.90. The van der Waals surface area contributed by atoms with Gasteiger partial charge in [0.25, 0.3) is 0 Å². The van der Waals surface area contributed by atoms with Crippen LogP contribution in [0.1, 0.15) is 38.5 Å². The minimum Gasteiger partial charge on any atom is -0.391 e. The summed E-state index contributed by atoms with van der Waals surface area (Å²) in [5, 5.41) is 17.3. The van der Waals surface area contributed by atoms with E-state index in [-0.39, 0.29) is 6.04 Å². The molecule has 0 unspecified atom stereocenters. The van der Waals surface area contributed by atoms with Gasteiger partial charge in [0.2, 0.25) is 5.16 Å². The van der Waals surface area contributed by atoms with Crippen molar-refractivity contribution in [3.63, 3.8) is 0 Å². The molecule has 1 aromatic rings. The zero-order valence-electron chi connectivity index (χ0n) is 10.6. The van der Waals surface area contributed by atoms with Crippen molar-refractivity contribution in [2.24, 2.45) is 11.7 Å². The molecule has 1 fully saturated rings. The highest BCUT2D eigenvalue weighted by atomic mass is 32.2. The summed E-state index contributed by atoms with van der Waals surface area (Å²) >= 11 is 1.44. The Kier molecular flexibility index (Phi) is 5.46. The highest BCUT2D eigenvalue weighted by Crippen LogP contribution is 2.28. The number of aliphatic hydroxyl groups is 1. The summed E-state index contributed by atoms with van der Waals surface area (Å²) in [5.74, 6) is 1.27. The van der Waals surface area contributed by atoms with Crippen LogP contribution in [0.25, 0.3) is 0 Å². The molecule has 4 N–H and O–H groups in total. The summed E-state index contributed by atoms with van der Waals surface area (Å²) < 4.78 is 0. The number of nitrogens with one attached hydrogen (secondary N) is 1. The molecule has 2 atom stereocenters. The number of hydrogen-bond donors (Lipinski definition) is 3. The zero-order valence-corrected chi connectivity index (χ0v) is 11.4. The smallest absolute Gasteiger partial charge is 0.208 e. The van der Waals surface area contributed by atoms with Crippen molar-refractivity contribution < 1.29 is 5.11 Å². The molecule has 0 bridgehead atoms. The maximum absolute atomic E-state index is 10.0. The molecule has 1 aromatic heterocycles. The first-order valence-electron chi connectivity index (χ1n) is 6.68. The Hall–Kier alpha value is -0.590. The lowest BCUT2D eigenvalue weighted by Gasteiger charge is -2.26. The fourth-order valence-corrected chi connectivity index (χ4v) is 3.33. The van der Waals surface area contributed by atoms with E-state index >= 15 is 0 Å². The normalized spacial score (nSPS) is 20.8. The number of rotatable bonds is 6. The molecule has 0 amide bonds. The molecule has 0 saturated heterocycles. The van der Waals surface area contributed by atoms with Crippen LogP contribution >= 0.6 is 11.8 Å². The average molecular weight is 270 g/mol. The van der Waals surface area contributed by atoms with Crippen LogP contribution in [0.2, 0.25) is 0 Å². The number of aliphatic hydroxyl groups excluding tert-OH is 1. The first kappa shape index (κ1) is 13.8. The third kappa shape index (κ3) is 4.26. The molecule has 102 valence electrons. The predicted molar refractivity (Wildman–Crippen MR) is 72.3 cm³/mol. The Bertz CT molecular complexity index is 327. The van der Waals surface area contributed by atoms with Crippen molar-refractivity contribution >= 4 is 11.8 Å². The minimum atomic E-state index is -0.476. The Morgan fingerprint density at radius 2 is 2.22 bits per heavy atom. The van der Waals surface area contributed by atoms with Crippen molar-refractivity contribution in [1.29, 1.82) is 0 Å². The van der Waals surface area contributed by atoms with E-state index < -0.39 is 6.10 Å². The second-order valence-electron chi connectivity index (χ2n) is 5.06. The van der Waals surface area contributed by atoms with Crippen molar-refractivity contribution in [1.82, 2.24) is 15.2 Å². The lowest BCUT2D eigenvalue weighted by Crippen LogP contribution is -2.38. The maximum atomic E-state index is 10.0. The van der Waals surface area contributed by atoms with E-state index in [9.17, 15) is 5.11 Å². The quantitative estimate of drug-likeness (QED) is 0.683. The molecule has 18 heavy (non-hydrogen) atoms. The number of nitrogens with zero attached hydrogens (tertiary/aromatic N) is 2. The number of thioether (sulfide) groups is 1. The molecular formula is C12H22N4OS. The van der Waals surface area contributed by atoms with E-state index in [2.05, 4.69) is 15.2 Å². The Balaban J connectivity index is 1.68. The third-order valence-electron chi connectivity index (χ3n) is 3.60. The summed E-state index contributed by atoms with van der Waals surface area (Å²) in [7, 11) is 0. The molecule has 5 nitrogen and oxygen atoms in total. The number of H-pyrrole nitrogens is 1. The topological polar surface area (TPSA) is 87.8 Å². The summed E-state index contributed by atoms with van der Waals surface area (Å²) in [6, 6.07) is -0.125. The minimum absolute atomic E-state index is 0.125. The van der Waals surface area contributed by atoms with E-state index in [0.717, 1.165) is 6.42 Å². The second-order valence-corrected chi connectivity index (χ2v) is 6.05. The molecule has 1 saturated carbocycles. The highest BCUT2D eigenvalue weighted by Gasteiger charge is 2.22. The van der Waals surface area contributed by atoms with Gasteiger partial charge in [-0.3, -0.25) is 5.10 Å². The molecule has 6 heteroatoms. The van der Waals surface area contributed by atoms with Gasteiger partial charge in [-0.25, -0.2) is 4.98 Å². The second kappa shape index (κ2) is 7.11. The van der Waals surface area contributed by atoms with Crippen LogP contribution in [0.4, 0.5) is 0 Å². The van der Waals surface area contributed by atoms with E-state index in [4.69, 9.17) is 5.73 Å². The third-order valence-corrected chi connectivity index (χ3v) is 4.56. The van der Waals surface area contributed by atoms with Crippen LogP contribution in [0, 0.1) is 5.92 Å². The van der Waals surface area contributed by atoms with Gasteiger partial charge >= 0.3 is 0 Å². The maximum Gasteiger partial charge on any atom is 0.208 e. The number of hydrogen-bond acceptors (Lipinski definition) is 5. The first-order chi connectivity index (χ1) is 8.75.